The first kappa shape index (κ1) is 41.8. The lowest BCUT2D eigenvalue weighted by Crippen LogP contribution is -2.12. The average molecular weight is 875 g/mol. The highest BCUT2D eigenvalue weighted by atomic mass is 15.2. The molecule has 0 saturated carbocycles. The summed E-state index contributed by atoms with van der Waals surface area (Å²) in [5, 5.41) is 2.48. The van der Waals surface area contributed by atoms with Gasteiger partial charge in [-0.1, -0.05) is 182 Å². The Balaban J connectivity index is 0.890. The summed E-state index contributed by atoms with van der Waals surface area (Å²) >= 11 is 0. The highest BCUT2D eigenvalue weighted by Gasteiger charge is 2.18. The van der Waals surface area contributed by atoms with Crippen molar-refractivity contribution in [2.45, 2.75) is 0 Å². The summed E-state index contributed by atoms with van der Waals surface area (Å²) in [6.45, 7) is 0. The van der Waals surface area contributed by atoms with Crippen LogP contribution in [0.4, 0.5) is 34.1 Å². The van der Waals surface area contributed by atoms with Gasteiger partial charge in [-0.15, -0.1) is 0 Å². The average Bonchev–Trinajstić information content (AvgIpc) is 3.86. The molecule has 11 rings (SSSR count). The van der Waals surface area contributed by atoms with Gasteiger partial charge in [0.2, 0.25) is 0 Å². The van der Waals surface area contributed by atoms with E-state index in [4.69, 9.17) is 0 Å². The molecule has 0 fully saturated rings. The third kappa shape index (κ3) is 8.10. The van der Waals surface area contributed by atoms with Gasteiger partial charge in [0.1, 0.15) is 0 Å². The van der Waals surface area contributed by atoms with Crippen LogP contribution < -0.4 is 9.80 Å². The van der Waals surface area contributed by atoms with E-state index in [0.717, 1.165) is 45.3 Å². The van der Waals surface area contributed by atoms with Gasteiger partial charge in [0.05, 0.1) is 11.4 Å². The van der Waals surface area contributed by atoms with Gasteiger partial charge >= 0.3 is 0 Å². The molecule has 0 spiro atoms. The Bertz CT molecular complexity index is 3290. The van der Waals surface area contributed by atoms with E-state index in [1.54, 1.807) is 0 Å². The van der Waals surface area contributed by atoms with E-state index in [1.807, 2.05) is 0 Å². The highest BCUT2D eigenvalue weighted by Crippen LogP contribution is 2.41. The molecule has 0 bridgehead atoms. The quantitative estimate of drug-likeness (QED) is 0.122. The molecule has 11 aromatic rings. The Morgan fingerprint density at radius 3 is 0.912 bits per heavy atom. The van der Waals surface area contributed by atoms with Crippen LogP contribution >= 0.6 is 0 Å². The maximum Gasteiger partial charge on any atom is 0.0562 e. The fourth-order valence-corrected chi connectivity index (χ4v) is 9.70. The molecule has 0 aliphatic rings. The van der Waals surface area contributed by atoms with E-state index in [2.05, 4.69) is 300 Å². The van der Waals surface area contributed by atoms with E-state index >= 15 is 0 Å². The number of hydrogen-bond acceptors (Lipinski definition) is 2. The second-order valence-corrected chi connectivity index (χ2v) is 17.1. The van der Waals surface area contributed by atoms with Crippen molar-refractivity contribution >= 4 is 80.2 Å². The first-order valence-corrected chi connectivity index (χ1v) is 23.2. The van der Waals surface area contributed by atoms with Crippen LogP contribution in [0.5, 0.6) is 0 Å². The van der Waals surface area contributed by atoms with Crippen LogP contribution in [0.3, 0.4) is 0 Å². The lowest BCUT2D eigenvalue weighted by molar-refractivity contribution is 0.977. The van der Waals surface area contributed by atoms with E-state index in [-0.39, 0.29) is 0 Å². The van der Waals surface area contributed by atoms with Crippen LogP contribution in [0.25, 0.3) is 68.6 Å². The molecule has 2 aromatic heterocycles. The third-order valence-corrected chi connectivity index (χ3v) is 13.0. The Kier molecular flexibility index (Phi) is 11.4. The first-order chi connectivity index (χ1) is 33.6. The van der Waals surface area contributed by atoms with Crippen molar-refractivity contribution in [3.05, 3.63) is 265 Å². The molecule has 0 radical (unpaired) electrons. The molecule has 0 N–H and O–H groups in total. The lowest BCUT2D eigenvalue weighted by Gasteiger charge is -2.28. The number of aromatic nitrogens is 2. The van der Waals surface area contributed by atoms with E-state index in [1.165, 1.54) is 55.4 Å². The summed E-state index contributed by atoms with van der Waals surface area (Å²) in [7, 11) is 4.32. The van der Waals surface area contributed by atoms with Crippen molar-refractivity contribution < 1.29 is 0 Å². The molecule has 68 heavy (non-hydrogen) atoms. The van der Waals surface area contributed by atoms with Gasteiger partial charge in [0.25, 0.3) is 0 Å². The molecule has 0 amide bonds. The van der Waals surface area contributed by atoms with Gasteiger partial charge in [0, 0.05) is 81.2 Å². The Morgan fingerprint density at radius 2 is 0.559 bits per heavy atom. The molecule has 0 unspecified atom stereocenters. The standard InChI is InChI=1S/C64H50N4/c1-65-61-29-17-15-27-57(61)59(63(65)49-19-7-3-8-20-49)45-35-47-31-37-53(38-32-47)67(51-23-11-5-12-24-51)55-41-43-56(44-42-55)68(52-25-13-6-14-26-52)54-39-33-48(34-40-54)36-46-60-58-28-16-18-30-62(58)66(2)64(60)50-21-9-4-10-22-50/h3-46H,1-2H3/b45-35+,46-36+. The van der Waals surface area contributed by atoms with Crippen LogP contribution in [0.2, 0.25) is 0 Å². The molecular formula is C64H50N4. The number of hydrogen-bond donors (Lipinski definition) is 0. The Morgan fingerprint density at radius 1 is 0.279 bits per heavy atom. The summed E-state index contributed by atoms with van der Waals surface area (Å²) in [6.07, 6.45) is 9.00. The summed E-state index contributed by atoms with van der Waals surface area (Å²) in [6, 6.07) is 86.5. The fourth-order valence-electron chi connectivity index (χ4n) is 9.70. The Labute approximate surface area is 398 Å². The molecule has 2 heterocycles. The Hall–Kier alpha value is -8.86. The zero-order valence-electron chi connectivity index (χ0n) is 38.2. The lowest BCUT2D eigenvalue weighted by atomic mass is 10.0. The maximum atomic E-state index is 2.32. The summed E-state index contributed by atoms with van der Waals surface area (Å²) in [4.78, 5) is 4.64. The van der Waals surface area contributed by atoms with Crippen molar-refractivity contribution in [3.63, 3.8) is 0 Å². The predicted molar refractivity (Wildman–Crippen MR) is 290 cm³/mol. The van der Waals surface area contributed by atoms with Gasteiger partial charge in [-0.05, 0) is 107 Å². The number of fused-ring (bicyclic) bond motifs is 2. The second-order valence-electron chi connectivity index (χ2n) is 17.1. The largest absolute Gasteiger partial charge is 0.343 e. The zero-order valence-corrected chi connectivity index (χ0v) is 38.2. The van der Waals surface area contributed by atoms with E-state index in [9.17, 15) is 0 Å². The molecule has 0 aliphatic carbocycles. The molecule has 0 atom stereocenters. The molecule has 0 saturated heterocycles. The number of para-hydroxylation sites is 4. The van der Waals surface area contributed by atoms with Crippen LogP contribution in [-0.4, -0.2) is 9.13 Å². The van der Waals surface area contributed by atoms with Crippen LogP contribution in [0.1, 0.15) is 22.3 Å². The normalized spacial score (nSPS) is 11.6. The maximum absolute atomic E-state index is 2.32. The smallest absolute Gasteiger partial charge is 0.0562 e. The monoisotopic (exact) mass is 874 g/mol. The second kappa shape index (κ2) is 18.6. The number of nitrogens with zero attached hydrogens (tertiary/aromatic N) is 4. The summed E-state index contributed by atoms with van der Waals surface area (Å²) in [5.41, 5.74) is 18.5. The number of benzene rings is 9. The molecular weight excluding hydrogens is 825 g/mol. The number of aryl methyl sites for hydroxylation is 2. The van der Waals surface area contributed by atoms with E-state index in [0.29, 0.717) is 0 Å². The number of rotatable bonds is 12. The summed E-state index contributed by atoms with van der Waals surface area (Å²) < 4.78 is 4.61. The molecule has 4 heteroatoms. The highest BCUT2D eigenvalue weighted by molar-refractivity contribution is 6.01. The topological polar surface area (TPSA) is 16.3 Å². The first-order valence-electron chi connectivity index (χ1n) is 23.2. The van der Waals surface area contributed by atoms with Gasteiger partial charge < -0.3 is 18.9 Å². The van der Waals surface area contributed by atoms with Crippen molar-refractivity contribution in [2.24, 2.45) is 14.1 Å². The minimum atomic E-state index is 1.07. The molecule has 4 nitrogen and oxygen atoms in total. The third-order valence-electron chi connectivity index (χ3n) is 13.0. The van der Waals surface area contributed by atoms with Crippen LogP contribution in [-0.2, 0) is 14.1 Å². The zero-order chi connectivity index (χ0) is 45.8. The van der Waals surface area contributed by atoms with Crippen LogP contribution in [0, 0.1) is 0 Å². The van der Waals surface area contributed by atoms with Crippen molar-refractivity contribution in [2.75, 3.05) is 9.80 Å². The van der Waals surface area contributed by atoms with Gasteiger partial charge in [-0.2, -0.15) is 0 Å². The van der Waals surface area contributed by atoms with Crippen molar-refractivity contribution in [1.82, 2.24) is 9.13 Å². The molecule has 0 aliphatic heterocycles. The van der Waals surface area contributed by atoms with Gasteiger partial charge in [0.15, 0.2) is 0 Å². The predicted octanol–water partition coefficient (Wildman–Crippen LogP) is 17.3. The van der Waals surface area contributed by atoms with Gasteiger partial charge in [-0.3, -0.25) is 0 Å². The van der Waals surface area contributed by atoms with Crippen molar-refractivity contribution in [3.8, 4) is 22.5 Å². The SMILES string of the molecule is Cn1c(-c2ccccc2)c(/C=C/c2ccc(N(c3ccccc3)c3ccc(N(c4ccccc4)c4ccc(/C=C/c5c(-c6ccccc6)n(C)c6ccccc56)cc4)cc3)cc2)c2ccccc21. The minimum absolute atomic E-state index is 1.07. The number of anilines is 6. The van der Waals surface area contributed by atoms with E-state index < -0.39 is 0 Å². The summed E-state index contributed by atoms with van der Waals surface area (Å²) in [5.74, 6) is 0. The van der Waals surface area contributed by atoms with Crippen molar-refractivity contribution in [1.29, 1.82) is 0 Å². The molecule has 326 valence electrons. The van der Waals surface area contributed by atoms with Gasteiger partial charge in [-0.25, -0.2) is 0 Å². The van der Waals surface area contributed by atoms with Crippen LogP contribution in [0.15, 0.2) is 243 Å². The fraction of sp³-hybridized carbons (Fsp3) is 0.0312. The minimum Gasteiger partial charge on any atom is -0.343 e. The molecule has 9 aromatic carbocycles.